The molecule has 3 rings (SSSR count). The van der Waals surface area contributed by atoms with Gasteiger partial charge in [-0.05, 0) is 37.2 Å². The van der Waals surface area contributed by atoms with Crippen LogP contribution < -0.4 is 0 Å². The molecule has 2 aliphatic rings. The van der Waals surface area contributed by atoms with Crippen LogP contribution in [0.3, 0.4) is 0 Å². The van der Waals surface area contributed by atoms with Crippen molar-refractivity contribution in [3.8, 4) is 6.07 Å². The van der Waals surface area contributed by atoms with Crippen molar-refractivity contribution in [1.82, 2.24) is 4.90 Å². The molecular weight excluding hydrogens is 256 g/mol. The first kappa shape index (κ1) is 14.6. The van der Waals surface area contributed by atoms with E-state index in [0.29, 0.717) is 5.92 Å². The molecule has 1 saturated heterocycles. The highest BCUT2D eigenvalue weighted by atomic mass is 15.1. The van der Waals surface area contributed by atoms with Crippen LogP contribution >= 0.6 is 0 Å². The Hall–Kier alpha value is -1.33. The van der Waals surface area contributed by atoms with Crippen molar-refractivity contribution in [3.63, 3.8) is 0 Å². The fourth-order valence-electron chi connectivity index (χ4n) is 4.22. The van der Waals surface area contributed by atoms with Gasteiger partial charge in [0.2, 0.25) is 0 Å². The lowest BCUT2D eigenvalue weighted by molar-refractivity contribution is 0.0717. The predicted molar refractivity (Wildman–Crippen MR) is 85.6 cm³/mol. The third-order valence-corrected chi connectivity index (χ3v) is 5.61. The number of hydrogen-bond donors (Lipinski definition) is 0. The SMILES string of the molecule is N#CC1(C2CCCCC2)CCN(Cc2ccccc2)CC1. The molecule has 112 valence electrons. The van der Waals surface area contributed by atoms with Gasteiger partial charge in [-0.1, -0.05) is 49.6 Å². The second-order valence-electron chi connectivity index (χ2n) is 6.86. The first-order chi connectivity index (χ1) is 10.3. The van der Waals surface area contributed by atoms with Crippen molar-refractivity contribution in [1.29, 1.82) is 5.26 Å². The van der Waals surface area contributed by atoms with E-state index < -0.39 is 0 Å². The van der Waals surface area contributed by atoms with E-state index in [4.69, 9.17) is 0 Å². The number of rotatable bonds is 3. The number of hydrogen-bond acceptors (Lipinski definition) is 2. The summed E-state index contributed by atoms with van der Waals surface area (Å²) in [5.74, 6) is 0.662. The molecule has 0 amide bonds. The summed E-state index contributed by atoms with van der Waals surface area (Å²) in [4.78, 5) is 2.52. The summed E-state index contributed by atoms with van der Waals surface area (Å²) in [6.07, 6.45) is 8.75. The summed E-state index contributed by atoms with van der Waals surface area (Å²) < 4.78 is 0. The molecule has 2 nitrogen and oxygen atoms in total. The normalized spacial score (nSPS) is 23.6. The average Bonchev–Trinajstić information content (AvgIpc) is 2.58. The molecule has 1 aliphatic heterocycles. The fraction of sp³-hybridized carbons (Fsp3) is 0.632. The second kappa shape index (κ2) is 6.62. The van der Waals surface area contributed by atoms with Crippen LogP contribution in [0.15, 0.2) is 30.3 Å². The molecule has 1 saturated carbocycles. The van der Waals surface area contributed by atoms with Crippen molar-refractivity contribution in [2.45, 2.75) is 51.5 Å². The maximum Gasteiger partial charge on any atom is 0.0693 e. The van der Waals surface area contributed by atoms with Crippen molar-refractivity contribution >= 4 is 0 Å². The third kappa shape index (κ3) is 3.30. The van der Waals surface area contributed by atoms with Crippen molar-refractivity contribution in [3.05, 3.63) is 35.9 Å². The molecule has 0 bridgehead atoms. The van der Waals surface area contributed by atoms with Crippen LogP contribution in [0.4, 0.5) is 0 Å². The maximum atomic E-state index is 9.80. The lowest BCUT2D eigenvalue weighted by Gasteiger charge is -2.43. The third-order valence-electron chi connectivity index (χ3n) is 5.61. The smallest absolute Gasteiger partial charge is 0.0693 e. The summed E-state index contributed by atoms with van der Waals surface area (Å²) >= 11 is 0. The predicted octanol–water partition coefficient (Wildman–Crippen LogP) is 4.37. The lowest BCUT2D eigenvalue weighted by Crippen LogP contribution is -2.43. The minimum Gasteiger partial charge on any atom is -0.299 e. The second-order valence-corrected chi connectivity index (χ2v) is 6.86. The van der Waals surface area contributed by atoms with E-state index in [-0.39, 0.29) is 5.41 Å². The maximum absolute atomic E-state index is 9.80. The topological polar surface area (TPSA) is 27.0 Å². The van der Waals surface area contributed by atoms with E-state index in [9.17, 15) is 5.26 Å². The zero-order valence-electron chi connectivity index (χ0n) is 12.9. The molecule has 21 heavy (non-hydrogen) atoms. The number of benzene rings is 1. The molecule has 1 heterocycles. The molecular formula is C19H26N2. The van der Waals surface area contributed by atoms with E-state index in [1.165, 1.54) is 37.7 Å². The Morgan fingerprint density at radius 3 is 2.33 bits per heavy atom. The van der Waals surface area contributed by atoms with Gasteiger partial charge in [-0.2, -0.15) is 5.26 Å². The monoisotopic (exact) mass is 282 g/mol. The van der Waals surface area contributed by atoms with Gasteiger partial charge in [0.25, 0.3) is 0 Å². The number of nitrogens with zero attached hydrogens (tertiary/aromatic N) is 2. The number of nitriles is 1. The molecule has 2 fully saturated rings. The Morgan fingerprint density at radius 2 is 1.71 bits per heavy atom. The molecule has 1 aliphatic carbocycles. The van der Waals surface area contributed by atoms with Crippen molar-refractivity contribution in [2.24, 2.45) is 11.3 Å². The summed E-state index contributed by atoms with van der Waals surface area (Å²) in [5, 5.41) is 9.80. The van der Waals surface area contributed by atoms with Gasteiger partial charge in [0.15, 0.2) is 0 Å². The molecule has 0 N–H and O–H groups in total. The van der Waals surface area contributed by atoms with Crippen molar-refractivity contribution < 1.29 is 0 Å². The minimum atomic E-state index is -0.0202. The van der Waals surface area contributed by atoms with E-state index in [1.807, 2.05) is 0 Å². The van der Waals surface area contributed by atoms with Gasteiger partial charge in [-0.3, -0.25) is 4.90 Å². The van der Waals surface area contributed by atoms with Crippen LogP contribution in [0.2, 0.25) is 0 Å². The highest BCUT2D eigenvalue weighted by Crippen LogP contribution is 2.45. The van der Waals surface area contributed by atoms with Gasteiger partial charge >= 0.3 is 0 Å². The highest BCUT2D eigenvalue weighted by Gasteiger charge is 2.41. The Morgan fingerprint density at radius 1 is 1.05 bits per heavy atom. The quantitative estimate of drug-likeness (QED) is 0.823. The minimum absolute atomic E-state index is 0.0202. The summed E-state index contributed by atoms with van der Waals surface area (Å²) in [6, 6.07) is 13.4. The summed E-state index contributed by atoms with van der Waals surface area (Å²) in [6.45, 7) is 3.20. The average molecular weight is 282 g/mol. The van der Waals surface area contributed by atoms with Crippen molar-refractivity contribution in [2.75, 3.05) is 13.1 Å². The van der Waals surface area contributed by atoms with E-state index >= 15 is 0 Å². The van der Waals surface area contributed by atoms with Crippen LogP contribution in [0.25, 0.3) is 0 Å². The Kier molecular flexibility index (Phi) is 4.60. The van der Waals surface area contributed by atoms with E-state index in [2.05, 4.69) is 41.3 Å². The molecule has 0 aromatic heterocycles. The zero-order valence-corrected chi connectivity index (χ0v) is 12.9. The summed E-state index contributed by atoms with van der Waals surface area (Å²) in [5.41, 5.74) is 1.37. The lowest BCUT2D eigenvalue weighted by atomic mass is 9.65. The van der Waals surface area contributed by atoms with Gasteiger partial charge in [-0.15, -0.1) is 0 Å². The van der Waals surface area contributed by atoms with E-state index in [1.54, 1.807) is 0 Å². The highest BCUT2D eigenvalue weighted by molar-refractivity contribution is 5.15. The number of likely N-dealkylation sites (tertiary alicyclic amines) is 1. The standard InChI is InChI=1S/C19H26N2/c20-16-19(18-9-5-2-6-10-18)11-13-21(14-12-19)15-17-7-3-1-4-8-17/h1,3-4,7-8,18H,2,5-6,9-15H2. The first-order valence-corrected chi connectivity index (χ1v) is 8.50. The first-order valence-electron chi connectivity index (χ1n) is 8.50. The molecule has 1 aromatic carbocycles. The van der Waals surface area contributed by atoms with Crippen LogP contribution in [-0.2, 0) is 6.54 Å². The van der Waals surface area contributed by atoms with Crippen LogP contribution in [-0.4, -0.2) is 18.0 Å². The van der Waals surface area contributed by atoms with Crippen LogP contribution in [0, 0.1) is 22.7 Å². The molecule has 2 heteroatoms. The van der Waals surface area contributed by atoms with Crippen LogP contribution in [0.5, 0.6) is 0 Å². The summed E-state index contributed by atoms with van der Waals surface area (Å²) in [7, 11) is 0. The largest absolute Gasteiger partial charge is 0.299 e. The Bertz CT molecular complexity index is 474. The van der Waals surface area contributed by atoms with Gasteiger partial charge in [0, 0.05) is 19.6 Å². The van der Waals surface area contributed by atoms with Gasteiger partial charge in [0.1, 0.15) is 0 Å². The Balaban J connectivity index is 1.59. The fourth-order valence-corrected chi connectivity index (χ4v) is 4.22. The molecule has 0 radical (unpaired) electrons. The van der Waals surface area contributed by atoms with Gasteiger partial charge in [-0.25, -0.2) is 0 Å². The Labute approximate surface area is 128 Å². The van der Waals surface area contributed by atoms with E-state index in [0.717, 1.165) is 32.5 Å². The van der Waals surface area contributed by atoms with Crippen LogP contribution in [0.1, 0.15) is 50.5 Å². The zero-order chi connectivity index (χ0) is 14.5. The van der Waals surface area contributed by atoms with Gasteiger partial charge in [0.05, 0.1) is 11.5 Å². The number of piperidine rings is 1. The molecule has 0 spiro atoms. The molecule has 0 unspecified atom stereocenters. The molecule has 0 atom stereocenters. The molecule has 1 aromatic rings. The van der Waals surface area contributed by atoms with Gasteiger partial charge < -0.3 is 0 Å².